The van der Waals surface area contributed by atoms with Crippen molar-refractivity contribution in [2.75, 3.05) is 23.3 Å². The molecule has 41 heavy (non-hydrogen) atoms. The van der Waals surface area contributed by atoms with E-state index in [2.05, 4.69) is 82.2 Å². The lowest BCUT2D eigenvalue weighted by molar-refractivity contribution is 0.219. The molecule has 1 aliphatic rings. The lowest BCUT2D eigenvalue weighted by Crippen LogP contribution is -2.46. The van der Waals surface area contributed by atoms with Gasteiger partial charge in [-0.2, -0.15) is 10.4 Å². The van der Waals surface area contributed by atoms with Crippen molar-refractivity contribution in [3.05, 3.63) is 46.7 Å². The Hall–Kier alpha value is -3.20. The van der Waals surface area contributed by atoms with Crippen LogP contribution in [0, 0.1) is 17.2 Å². The summed E-state index contributed by atoms with van der Waals surface area (Å²) in [6.07, 6.45) is 2.44. The van der Waals surface area contributed by atoms with E-state index in [0.29, 0.717) is 53.8 Å². The fourth-order valence-corrected chi connectivity index (χ4v) is 6.03. The van der Waals surface area contributed by atoms with Crippen LogP contribution in [0.15, 0.2) is 30.5 Å². The standard InChI is InChI=1S/C29H38BClN7O2Si/c1-19(2)15-38-25(13-24(31)36-38)35-27-33-10-9-23(34-27)20-11-21(14-32)26-22(12-20)29(6,16-37(26)30-18-39)17-40-41(7,8)28(3,4)5/h9-13,18-19H,15-17H2,1-8H3,(H,33,34,35)/t29-/m1/s1. The Labute approximate surface area is 249 Å². The van der Waals surface area contributed by atoms with Crippen molar-refractivity contribution in [2.45, 2.75) is 71.6 Å². The number of carbonyl (C=O) groups excluding carboxylic acids is 1. The van der Waals surface area contributed by atoms with Gasteiger partial charge in [-0.1, -0.05) is 53.1 Å². The summed E-state index contributed by atoms with van der Waals surface area (Å²) in [6.45, 7) is 19.2. The summed E-state index contributed by atoms with van der Waals surface area (Å²) in [7, 11) is -0.552. The highest BCUT2D eigenvalue weighted by molar-refractivity contribution is 6.74. The monoisotopic (exact) mass is 590 g/mol. The maximum absolute atomic E-state index is 11.5. The minimum Gasteiger partial charge on any atom is -0.416 e. The SMILES string of the molecule is CC(C)Cn1nc(Cl)cc1Nc1nccc(-c2cc(C#N)c3c(c2)[C@@](C)(CO[Si](C)(C)C(C)(C)C)CN3[B]C=O)n1. The normalized spacial score (nSPS) is 17.0. The van der Waals surface area contributed by atoms with Gasteiger partial charge in [0.15, 0.2) is 13.5 Å². The van der Waals surface area contributed by atoms with E-state index in [1.807, 2.05) is 16.9 Å². The van der Waals surface area contributed by atoms with Gasteiger partial charge < -0.3 is 19.3 Å². The molecule has 3 aromatic rings. The minimum atomic E-state index is -2.05. The molecule has 4 rings (SSSR count). The summed E-state index contributed by atoms with van der Waals surface area (Å²) in [6, 6.07) is 9.79. The topological polar surface area (TPSA) is 109 Å². The molecule has 0 fully saturated rings. The summed E-state index contributed by atoms with van der Waals surface area (Å²) < 4.78 is 8.49. The van der Waals surface area contributed by atoms with Crippen molar-refractivity contribution in [3.63, 3.8) is 0 Å². The number of aromatic nitrogens is 4. The van der Waals surface area contributed by atoms with Gasteiger partial charge >= 0.3 is 7.41 Å². The van der Waals surface area contributed by atoms with Gasteiger partial charge in [0.2, 0.25) is 5.95 Å². The molecule has 0 spiro atoms. The van der Waals surface area contributed by atoms with Crippen molar-refractivity contribution < 1.29 is 9.22 Å². The third-order valence-corrected chi connectivity index (χ3v) is 12.6. The third-order valence-electron chi connectivity index (χ3n) is 7.97. The average Bonchev–Trinajstić information content (AvgIpc) is 3.37. The van der Waals surface area contributed by atoms with Gasteiger partial charge in [0.25, 0.3) is 0 Å². The highest BCUT2D eigenvalue weighted by atomic mass is 35.5. The second-order valence-corrected chi connectivity index (χ2v) is 18.1. The number of rotatable bonds is 10. The number of nitriles is 1. The second-order valence-electron chi connectivity index (χ2n) is 12.9. The highest BCUT2D eigenvalue weighted by Gasteiger charge is 2.44. The first-order valence-corrected chi connectivity index (χ1v) is 17.1. The summed E-state index contributed by atoms with van der Waals surface area (Å²) in [4.78, 5) is 22.6. The Morgan fingerprint density at radius 3 is 2.68 bits per heavy atom. The van der Waals surface area contributed by atoms with Gasteiger partial charge in [0.05, 0.1) is 11.3 Å². The molecule has 3 heterocycles. The predicted molar refractivity (Wildman–Crippen MR) is 168 cm³/mol. The van der Waals surface area contributed by atoms with Crippen LogP contribution in [-0.2, 0) is 21.2 Å². The predicted octanol–water partition coefficient (Wildman–Crippen LogP) is 6.17. The number of fused-ring (bicyclic) bond motifs is 1. The number of anilines is 3. The highest BCUT2D eigenvalue weighted by Crippen LogP contribution is 2.46. The lowest BCUT2D eigenvalue weighted by atomic mass is 9.83. The summed E-state index contributed by atoms with van der Waals surface area (Å²) in [5.41, 5.74) is 3.17. The van der Waals surface area contributed by atoms with E-state index in [1.165, 1.54) is 7.41 Å². The molecule has 12 heteroatoms. The fraction of sp³-hybridized carbons (Fsp3) is 0.483. The quantitative estimate of drug-likeness (QED) is 0.220. The van der Waals surface area contributed by atoms with Crippen LogP contribution >= 0.6 is 11.6 Å². The van der Waals surface area contributed by atoms with Gasteiger partial charge in [-0.25, -0.2) is 14.6 Å². The summed E-state index contributed by atoms with van der Waals surface area (Å²) >= 11 is 6.19. The molecule has 1 aliphatic heterocycles. The Morgan fingerprint density at radius 1 is 1.32 bits per heavy atom. The number of hydrogen-bond donors (Lipinski definition) is 1. The third kappa shape index (κ3) is 6.50. The minimum absolute atomic E-state index is 0.0538. The van der Waals surface area contributed by atoms with Crippen molar-refractivity contribution in [1.82, 2.24) is 19.7 Å². The maximum atomic E-state index is 11.5. The molecule has 2 aromatic heterocycles. The zero-order valence-electron chi connectivity index (χ0n) is 25.1. The first-order valence-electron chi connectivity index (χ1n) is 13.8. The smallest absolute Gasteiger partial charge is 0.329 e. The van der Waals surface area contributed by atoms with Crippen molar-refractivity contribution in [3.8, 4) is 17.3 Å². The summed E-state index contributed by atoms with van der Waals surface area (Å²) in [5, 5.41) is 18.2. The fourth-order valence-electron chi connectivity index (χ4n) is 4.72. The van der Waals surface area contributed by atoms with Gasteiger partial charge in [-0.3, -0.25) is 0 Å². The number of carbonyl (C=O) groups is 1. The van der Waals surface area contributed by atoms with Crippen LogP contribution in [0.5, 0.6) is 0 Å². The van der Waals surface area contributed by atoms with E-state index in [9.17, 15) is 10.1 Å². The van der Waals surface area contributed by atoms with E-state index in [0.717, 1.165) is 23.0 Å². The van der Waals surface area contributed by atoms with E-state index in [4.69, 9.17) is 21.0 Å². The van der Waals surface area contributed by atoms with Crippen LogP contribution in [0.3, 0.4) is 0 Å². The van der Waals surface area contributed by atoms with Crippen molar-refractivity contribution >= 4 is 51.0 Å². The molecule has 1 N–H and O–H groups in total. The molecule has 9 nitrogen and oxygen atoms in total. The zero-order valence-corrected chi connectivity index (χ0v) is 26.9. The van der Waals surface area contributed by atoms with Crippen LogP contribution < -0.4 is 10.1 Å². The van der Waals surface area contributed by atoms with E-state index < -0.39 is 13.7 Å². The van der Waals surface area contributed by atoms with Gasteiger partial charge in [0, 0.05) is 48.6 Å². The first kappa shape index (κ1) is 30.8. The molecule has 0 saturated carbocycles. The first-order chi connectivity index (χ1) is 19.2. The molecule has 1 atom stereocenters. The lowest BCUT2D eigenvalue weighted by Gasteiger charge is -2.39. The van der Waals surface area contributed by atoms with E-state index in [1.54, 1.807) is 16.9 Å². The second kappa shape index (κ2) is 11.6. The number of hydrogen-bond acceptors (Lipinski definition) is 8. The number of halogens is 1. The van der Waals surface area contributed by atoms with E-state index in [-0.39, 0.29) is 5.04 Å². The Bertz CT molecular complexity index is 1480. The maximum Gasteiger partial charge on any atom is 0.329 e. The molecule has 0 bridgehead atoms. The van der Waals surface area contributed by atoms with Gasteiger partial charge in [-0.15, -0.1) is 0 Å². The van der Waals surface area contributed by atoms with Crippen molar-refractivity contribution in [2.24, 2.45) is 5.92 Å². The Balaban J connectivity index is 1.73. The van der Waals surface area contributed by atoms with E-state index >= 15 is 0 Å². The molecule has 0 amide bonds. The Kier molecular flexibility index (Phi) is 8.69. The molecular formula is C29H38BClN7O2Si. The van der Waals surface area contributed by atoms with Crippen LogP contribution in [0.25, 0.3) is 11.3 Å². The number of nitrogens with zero attached hydrogens (tertiary/aromatic N) is 6. The molecule has 0 unspecified atom stereocenters. The van der Waals surface area contributed by atoms with Gasteiger partial charge in [0.1, 0.15) is 18.1 Å². The number of benzene rings is 1. The molecule has 215 valence electrons. The summed E-state index contributed by atoms with van der Waals surface area (Å²) in [5.74, 6) is 1.46. The van der Waals surface area contributed by atoms with Crippen LogP contribution in [0.4, 0.5) is 17.5 Å². The molecular weight excluding hydrogens is 553 g/mol. The van der Waals surface area contributed by atoms with Gasteiger partial charge in [-0.05, 0) is 47.8 Å². The molecule has 1 aromatic carbocycles. The number of nitrogens with one attached hydrogen (secondary N) is 1. The molecule has 0 aliphatic carbocycles. The average molecular weight is 591 g/mol. The van der Waals surface area contributed by atoms with Crippen LogP contribution in [-0.4, -0.2) is 54.8 Å². The Morgan fingerprint density at radius 2 is 2.05 bits per heavy atom. The van der Waals surface area contributed by atoms with Crippen LogP contribution in [0.1, 0.15) is 52.7 Å². The molecule has 0 saturated heterocycles. The molecule has 1 radical (unpaired) electrons. The largest absolute Gasteiger partial charge is 0.416 e. The van der Waals surface area contributed by atoms with Crippen LogP contribution in [0.2, 0.25) is 23.3 Å². The zero-order chi connectivity index (χ0) is 30.2. The van der Waals surface area contributed by atoms with Crippen molar-refractivity contribution in [1.29, 1.82) is 5.26 Å².